The predicted molar refractivity (Wildman–Crippen MR) is 120 cm³/mol. The number of anilines is 1. The van der Waals surface area contributed by atoms with Crippen molar-refractivity contribution in [1.29, 1.82) is 0 Å². The maximum Gasteiger partial charge on any atom is 0.133 e. The van der Waals surface area contributed by atoms with Crippen LogP contribution < -0.4 is 4.90 Å². The first-order valence-corrected chi connectivity index (χ1v) is 10.6. The molecular weight excluding hydrogens is 401 g/mol. The van der Waals surface area contributed by atoms with Gasteiger partial charge in [-0.1, -0.05) is 11.6 Å². The van der Waals surface area contributed by atoms with Gasteiger partial charge in [-0.25, -0.2) is 9.37 Å². The second-order valence-corrected chi connectivity index (χ2v) is 8.34. The van der Waals surface area contributed by atoms with Gasteiger partial charge < -0.3 is 14.4 Å². The standard InChI is InChI=1S/C23H27ClFN5/c1-27-11-13-29(14-12-27)15-20-16-30(22-7-3-18(24)4-8-22)23(26-20)17-28(2)21-9-5-19(25)6-10-21/h3-10,16H,11-15,17H2,1-2H3. The third kappa shape index (κ3) is 5.01. The van der Waals surface area contributed by atoms with Gasteiger partial charge >= 0.3 is 0 Å². The molecule has 3 aromatic rings. The number of aromatic nitrogens is 2. The summed E-state index contributed by atoms with van der Waals surface area (Å²) in [6.07, 6.45) is 2.12. The molecule has 0 unspecified atom stereocenters. The van der Waals surface area contributed by atoms with Gasteiger partial charge in [0.25, 0.3) is 0 Å². The number of nitrogens with zero attached hydrogens (tertiary/aromatic N) is 5. The van der Waals surface area contributed by atoms with Crippen LogP contribution in [0.25, 0.3) is 5.69 Å². The molecule has 1 fully saturated rings. The second kappa shape index (κ2) is 9.16. The Kier molecular flexibility index (Phi) is 6.37. The zero-order valence-corrected chi connectivity index (χ0v) is 18.2. The maximum atomic E-state index is 13.3. The summed E-state index contributed by atoms with van der Waals surface area (Å²) in [7, 11) is 4.16. The van der Waals surface area contributed by atoms with E-state index in [1.807, 2.05) is 31.3 Å². The number of likely N-dealkylation sites (N-methyl/N-ethyl adjacent to an activating group) is 1. The largest absolute Gasteiger partial charge is 0.367 e. The van der Waals surface area contributed by atoms with Crippen molar-refractivity contribution >= 4 is 17.3 Å². The van der Waals surface area contributed by atoms with E-state index < -0.39 is 0 Å². The first kappa shape index (κ1) is 20.8. The SMILES string of the molecule is CN1CCN(Cc2cn(-c3ccc(Cl)cc3)c(CN(C)c3ccc(F)cc3)n2)CC1. The topological polar surface area (TPSA) is 27.5 Å². The number of halogens is 2. The van der Waals surface area contributed by atoms with Gasteiger partial charge in [0.05, 0.1) is 12.2 Å². The first-order chi connectivity index (χ1) is 14.5. The van der Waals surface area contributed by atoms with Crippen molar-refractivity contribution in [2.24, 2.45) is 0 Å². The molecule has 0 bridgehead atoms. The molecule has 0 spiro atoms. The van der Waals surface area contributed by atoms with Crippen LogP contribution in [0, 0.1) is 5.82 Å². The van der Waals surface area contributed by atoms with Crippen LogP contribution in [0.3, 0.4) is 0 Å². The summed E-state index contributed by atoms with van der Waals surface area (Å²) in [5.41, 5.74) is 3.03. The van der Waals surface area contributed by atoms with Crippen LogP contribution in [-0.2, 0) is 13.1 Å². The Labute approximate surface area is 182 Å². The Morgan fingerprint density at radius 3 is 2.33 bits per heavy atom. The normalized spacial score (nSPS) is 15.5. The number of rotatable bonds is 6. The van der Waals surface area contributed by atoms with E-state index in [4.69, 9.17) is 16.6 Å². The van der Waals surface area contributed by atoms with Gasteiger partial charge in [-0.05, 0) is 55.6 Å². The molecule has 7 heteroatoms. The maximum absolute atomic E-state index is 13.3. The third-order valence-corrected chi connectivity index (χ3v) is 5.81. The molecule has 0 aliphatic carbocycles. The van der Waals surface area contributed by atoms with Gasteiger partial charge in [0.2, 0.25) is 0 Å². The van der Waals surface area contributed by atoms with Crippen molar-refractivity contribution in [2.75, 3.05) is 45.2 Å². The minimum Gasteiger partial charge on any atom is -0.367 e. The van der Waals surface area contributed by atoms with Crippen LogP contribution in [0.5, 0.6) is 0 Å². The van der Waals surface area contributed by atoms with Gasteiger partial charge in [-0.15, -0.1) is 0 Å². The van der Waals surface area contributed by atoms with Crippen molar-refractivity contribution in [1.82, 2.24) is 19.4 Å². The molecule has 158 valence electrons. The second-order valence-electron chi connectivity index (χ2n) is 7.91. The van der Waals surface area contributed by atoms with Crippen LogP contribution in [0.1, 0.15) is 11.5 Å². The van der Waals surface area contributed by atoms with Crippen molar-refractivity contribution in [2.45, 2.75) is 13.1 Å². The van der Waals surface area contributed by atoms with E-state index in [0.29, 0.717) is 11.6 Å². The van der Waals surface area contributed by atoms with Crippen LogP contribution in [-0.4, -0.2) is 59.6 Å². The molecular formula is C23H27ClFN5. The van der Waals surface area contributed by atoms with Gasteiger partial charge in [0, 0.05) is 62.4 Å². The first-order valence-electron chi connectivity index (χ1n) is 10.2. The molecule has 2 heterocycles. The number of hydrogen-bond donors (Lipinski definition) is 0. The van der Waals surface area contributed by atoms with Gasteiger partial charge in [0.1, 0.15) is 11.6 Å². The van der Waals surface area contributed by atoms with E-state index in [9.17, 15) is 4.39 Å². The monoisotopic (exact) mass is 427 g/mol. The Hall–Kier alpha value is -2.41. The lowest BCUT2D eigenvalue weighted by Crippen LogP contribution is -2.43. The van der Waals surface area contributed by atoms with E-state index >= 15 is 0 Å². The fourth-order valence-electron chi connectivity index (χ4n) is 3.72. The van der Waals surface area contributed by atoms with Gasteiger partial charge in [-0.2, -0.15) is 0 Å². The minimum atomic E-state index is -0.232. The Morgan fingerprint density at radius 2 is 1.67 bits per heavy atom. The summed E-state index contributed by atoms with van der Waals surface area (Å²) < 4.78 is 15.4. The lowest BCUT2D eigenvalue weighted by molar-refractivity contribution is 0.147. The summed E-state index contributed by atoms with van der Waals surface area (Å²) in [5, 5.41) is 0.710. The Bertz CT molecular complexity index is 962. The molecule has 0 saturated carbocycles. The van der Waals surface area contributed by atoms with Gasteiger partial charge in [-0.3, -0.25) is 4.90 Å². The molecule has 1 saturated heterocycles. The highest BCUT2D eigenvalue weighted by Gasteiger charge is 2.18. The molecule has 1 aromatic heterocycles. The average molecular weight is 428 g/mol. The van der Waals surface area contributed by atoms with E-state index in [0.717, 1.165) is 55.6 Å². The molecule has 5 nitrogen and oxygen atoms in total. The quantitative estimate of drug-likeness (QED) is 0.593. The zero-order chi connectivity index (χ0) is 21.1. The molecule has 1 aliphatic heterocycles. The smallest absolute Gasteiger partial charge is 0.133 e. The molecule has 4 rings (SSSR count). The molecule has 0 atom stereocenters. The fraction of sp³-hybridized carbons (Fsp3) is 0.348. The number of benzene rings is 2. The Balaban J connectivity index is 1.58. The van der Waals surface area contributed by atoms with Gasteiger partial charge in [0.15, 0.2) is 0 Å². The summed E-state index contributed by atoms with van der Waals surface area (Å²) in [5.74, 6) is 0.706. The van der Waals surface area contributed by atoms with E-state index in [2.05, 4.69) is 32.5 Å². The van der Waals surface area contributed by atoms with Crippen molar-refractivity contribution < 1.29 is 4.39 Å². The lowest BCUT2D eigenvalue weighted by atomic mass is 10.3. The molecule has 0 amide bonds. The summed E-state index contributed by atoms with van der Waals surface area (Å²) in [6, 6.07) is 14.3. The average Bonchev–Trinajstić information content (AvgIpc) is 3.13. The molecule has 30 heavy (non-hydrogen) atoms. The molecule has 1 aliphatic rings. The number of imidazole rings is 1. The summed E-state index contributed by atoms with van der Waals surface area (Å²) in [6.45, 7) is 5.71. The van der Waals surface area contributed by atoms with Crippen LogP contribution in [0.4, 0.5) is 10.1 Å². The van der Waals surface area contributed by atoms with E-state index in [-0.39, 0.29) is 5.82 Å². The molecule has 0 radical (unpaired) electrons. The van der Waals surface area contributed by atoms with Crippen LogP contribution in [0.15, 0.2) is 54.7 Å². The number of hydrogen-bond acceptors (Lipinski definition) is 4. The zero-order valence-electron chi connectivity index (χ0n) is 17.4. The van der Waals surface area contributed by atoms with E-state index in [1.165, 1.54) is 12.1 Å². The van der Waals surface area contributed by atoms with E-state index in [1.54, 1.807) is 12.1 Å². The molecule has 2 aromatic carbocycles. The highest BCUT2D eigenvalue weighted by Crippen LogP contribution is 2.21. The lowest BCUT2D eigenvalue weighted by Gasteiger charge is -2.31. The number of piperazine rings is 1. The molecule has 0 N–H and O–H groups in total. The van der Waals surface area contributed by atoms with Crippen LogP contribution >= 0.6 is 11.6 Å². The highest BCUT2D eigenvalue weighted by molar-refractivity contribution is 6.30. The summed E-state index contributed by atoms with van der Waals surface area (Å²) in [4.78, 5) is 11.8. The van der Waals surface area contributed by atoms with Crippen molar-refractivity contribution in [3.8, 4) is 5.69 Å². The van der Waals surface area contributed by atoms with Crippen molar-refractivity contribution in [3.05, 3.63) is 77.1 Å². The fourth-order valence-corrected chi connectivity index (χ4v) is 3.85. The highest BCUT2D eigenvalue weighted by atomic mass is 35.5. The third-order valence-electron chi connectivity index (χ3n) is 5.56. The summed E-state index contributed by atoms with van der Waals surface area (Å²) >= 11 is 6.09. The predicted octanol–water partition coefficient (Wildman–Crippen LogP) is 4.05. The van der Waals surface area contributed by atoms with Crippen molar-refractivity contribution in [3.63, 3.8) is 0 Å². The minimum absolute atomic E-state index is 0.232. The Morgan fingerprint density at radius 1 is 1.00 bits per heavy atom. The van der Waals surface area contributed by atoms with Crippen LogP contribution in [0.2, 0.25) is 5.02 Å².